The van der Waals surface area contributed by atoms with Gasteiger partial charge in [-0.25, -0.2) is 9.78 Å². The molecule has 1 saturated carbocycles. The molecular weight excluding hydrogens is 370 g/mol. The van der Waals surface area contributed by atoms with Crippen LogP contribution in [-0.2, 0) is 4.74 Å². The summed E-state index contributed by atoms with van der Waals surface area (Å²) in [6.07, 6.45) is 4.75. The topological polar surface area (TPSA) is 93.5 Å². The third-order valence-corrected chi connectivity index (χ3v) is 5.01. The fraction of sp³-hybridized carbons (Fsp3) is 0.500. The van der Waals surface area contributed by atoms with Crippen LogP contribution < -0.4 is 10.6 Å². The fourth-order valence-corrected chi connectivity index (χ4v) is 3.62. The van der Waals surface area contributed by atoms with Crippen LogP contribution in [-0.4, -0.2) is 34.7 Å². The van der Waals surface area contributed by atoms with Gasteiger partial charge in [0.15, 0.2) is 5.76 Å². The largest absolute Gasteiger partial charge is 0.463 e. The van der Waals surface area contributed by atoms with Crippen molar-refractivity contribution >= 4 is 12.0 Å². The number of carbonyl (C=O) groups excluding carboxylic acids is 2. The third kappa shape index (κ3) is 5.37. The zero-order valence-corrected chi connectivity index (χ0v) is 17.5. The Morgan fingerprint density at radius 1 is 1.21 bits per heavy atom. The molecule has 0 aromatic carbocycles. The number of pyridine rings is 1. The Hall–Kier alpha value is -2.83. The van der Waals surface area contributed by atoms with Gasteiger partial charge in [-0.05, 0) is 64.8 Å². The van der Waals surface area contributed by atoms with Gasteiger partial charge >= 0.3 is 6.09 Å². The van der Waals surface area contributed by atoms with Crippen LogP contribution >= 0.6 is 0 Å². The number of furan rings is 1. The lowest BCUT2D eigenvalue weighted by molar-refractivity contribution is 0.0504. The maximum absolute atomic E-state index is 13.0. The monoisotopic (exact) mass is 399 g/mol. The van der Waals surface area contributed by atoms with Crippen LogP contribution in [0.5, 0.6) is 0 Å². The van der Waals surface area contributed by atoms with Crippen molar-refractivity contribution in [3.63, 3.8) is 0 Å². The summed E-state index contributed by atoms with van der Waals surface area (Å²) in [4.78, 5) is 29.5. The molecule has 2 N–H and O–H groups in total. The molecule has 0 saturated heterocycles. The van der Waals surface area contributed by atoms with E-state index in [4.69, 9.17) is 9.15 Å². The second-order valence-corrected chi connectivity index (χ2v) is 8.60. The van der Waals surface area contributed by atoms with Crippen LogP contribution in [0.3, 0.4) is 0 Å². The average Bonchev–Trinajstić information content (AvgIpc) is 3.31. The number of hydrogen-bond acceptors (Lipinski definition) is 5. The van der Waals surface area contributed by atoms with E-state index in [2.05, 4.69) is 15.6 Å². The zero-order valence-electron chi connectivity index (χ0n) is 17.5. The molecule has 7 nitrogen and oxygen atoms in total. The van der Waals surface area contributed by atoms with Gasteiger partial charge in [-0.3, -0.25) is 4.79 Å². The van der Waals surface area contributed by atoms with Crippen LogP contribution in [0, 0.1) is 6.92 Å². The van der Waals surface area contributed by atoms with Crippen molar-refractivity contribution in [2.45, 2.75) is 64.5 Å². The van der Waals surface area contributed by atoms with Gasteiger partial charge in [-0.1, -0.05) is 12.8 Å². The van der Waals surface area contributed by atoms with Crippen molar-refractivity contribution in [3.05, 3.63) is 41.8 Å². The molecule has 0 aliphatic heterocycles. The molecule has 7 heteroatoms. The lowest BCUT2D eigenvalue weighted by Crippen LogP contribution is -2.54. The van der Waals surface area contributed by atoms with E-state index in [1.807, 2.05) is 33.8 Å². The number of aromatic nitrogens is 1. The molecular formula is C22H29N3O4. The molecule has 156 valence electrons. The number of alkyl carbamates (subject to hydrolysis) is 1. The minimum Gasteiger partial charge on any atom is -0.463 e. The number of carbonyl (C=O) groups is 2. The van der Waals surface area contributed by atoms with Crippen molar-refractivity contribution in [1.82, 2.24) is 15.6 Å². The first kappa shape index (κ1) is 20.9. The highest BCUT2D eigenvalue weighted by Gasteiger charge is 2.36. The Bertz CT molecular complexity index is 863. The van der Waals surface area contributed by atoms with Gasteiger partial charge in [0.25, 0.3) is 5.91 Å². The first-order valence-corrected chi connectivity index (χ1v) is 9.98. The molecule has 3 rings (SSSR count). The summed E-state index contributed by atoms with van der Waals surface area (Å²) in [5.74, 6) is 0.475. The molecule has 0 atom stereocenters. The molecule has 29 heavy (non-hydrogen) atoms. The first-order chi connectivity index (χ1) is 13.7. The fourth-order valence-electron chi connectivity index (χ4n) is 3.62. The Morgan fingerprint density at radius 2 is 1.93 bits per heavy atom. The first-order valence-electron chi connectivity index (χ1n) is 9.98. The van der Waals surface area contributed by atoms with E-state index in [0.717, 1.165) is 25.7 Å². The van der Waals surface area contributed by atoms with Crippen molar-refractivity contribution in [3.8, 4) is 11.5 Å². The Labute approximate surface area is 171 Å². The number of aryl methyl sites for hydroxylation is 1. The summed E-state index contributed by atoms with van der Waals surface area (Å²) < 4.78 is 10.7. The quantitative estimate of drug-likeness (QED) is 0.785. The summed E-state index contributed by atoms with van der Waals surface area (Å²) >= 11 is 0. The number of hydrogen-bond donors (Lipinski definition) is 2. The zero-order chi connectivity index (χ0) is 21.1. The van der Waals surface area contributed by atoms with E-state index in [1.165, 1.54) is 0 Å². The summed E-state index contributed by atoms with van der Waals surface area (Å²) in [7, 11) is 0. The van der Waals surface area contributed by atoms with Gasteiger partial charge in [0.1, 0.15) is 11.3 Å². The Kier molecular flexibility index (Phi) is 5.96. The van der Waals surface area contributed by atoms with Gasteiger partial charge in [0.05, 0.1) is 23.1 Å². The van der Waals surface area contributed by atoms with Gasteiger partial charge < -0.3 is 19.8 Å². The minimum absolute atomic E-state index is 0.186. The highest BCUT2D eigenvalue weighted by atomic mass is 16.6. The molecule has 0 spiro atoms. The number of ether oxygens (including phenoxy) is 1. The van der Waals surface area contributed by atoms with Crippen LogP contribution in [0.2, 0.25) is 0 Å². The molecule has 2 amide bonds. The molecule has 0 bridgehead atoms. The number of rotatable bonds is 5. The molecule has 1 aliphatic rings. The SMILES string of the molecule is Cc1nc(-c2ccco2)ccc1C(=O)NC1(CNC(=O)OC(C)(C)C)CCCC1. The van der Waals surface area contributed by atoms with E-state index < -0.39 is 17.2 Å². The van der Waals surface area contributed by atoms with Crippen molar-refractivity contribution in [2.75, 3.05) is 6.54 Å². The maximum atomic E-state index is 13.0. The van der Waals surface area contributed by atoms with Gasteiger partial charge in [-0.15, -0.1) is 0 Å². The van der Waals surface area contributed by atoms with E-state index in [-0.39, 0.29) is 5.91 Å². The van der Waals surface area contributed by atoms with Gasteiger partial charge in [0, 0.05) is 6.54 Å². The highest BCUT2D eigenvalue weighted by Crippen LogP contribution is 2.30. The molecule has 2 aromatic heterocycles. The molecule has 0 radical (unpaired) electrons. The normalized spacial score (nSPS) is 15.7. The number of amides is 2. The van der Waals surface area contributed by atoms with Crippen molar-refractivity contribution in [1.29, 1.82) is 0 Å². The molecule has 2 aromatic rings. The third-order valence-electron chi connectivity index (χ3n) is 5.01. The maximum Gasteiger partial charge on any atom is 0.407 e. The van der Waals surface area contributed by atoms with Gasteiger partial charge in [0.2, 0.25) is 0 Å². The summed E-state index contributed by atoms with van der Waals surface area (Å²) in [6, 6.07) is 7.17. The Morgan fingerprint density at radius 3 is 2.52 bits per heavy atom. The summed E-state index contributed by atoms with van der Waals surface area (Å²) in [5.41, 5.74) is 0.800. The molecule has 0 unspecified atom stereocenters. The summed E-state index contributed by atoms with van der Waals surface area (Å²) in [6.45, 7) is 7.61. The lowest BCUT2D eigenvalue weighted by atomic mass is 9.96. The second-order valence-electron chi connectivity index (χ2n) is 8.60. The van der Waals surface area contributed by atoms with Crippen LogP contribution in [0.25, 0.3) is 11.5 Å². The minimum atomic E-state index is -0.561. The van der Waals surface area contributed by atoms with E-state index in [9.17, 15) is 9.59 Å². The predicted molar refractivity (Wildman–Crippen MR) is 110 cm³/mol. The van der Waals surface area contributed by atoms with Crippen LogP contribution in [0.15, 0.2) is 34.9 Å². The highest BCUT2D eigenvalue weighted by molar-refractivity contribution is 5.96. The van der Waals surface area contributed by atoms with E-state index in [0.29, 0.717) is 29.3 Å². The van der Waals surface area contributed by atoms with E-state index >= 15 is 0 Å². The van der Waals surface area contributed by atoms with Gasteiger partial charge in [-0.2, -0.15) is 0 Å². The van der Waals surface area contributed by atoms with Crippen LogP contribution in [0.4, 0.5) is 4.79 Å². The lowest BCUT2D eigenvalue weighted by Gasteiger charge is -2.31. The smallest absolute Gasteiger partial charge is 0.407 e. The number of nitrogens with one attached hydrogen (secondary N) is 2. The molecule has 1 aliphatic carbocycles. The van der Waals surface area contributed by atoms with E-state index in [1.54, 1.807) is 24.5 Å². The Balaban J connectivity index is 1.69. The summed E-state index contributed by atoms with van der Waals surface area (Å²) in [5, 5.41) is 5.97. The molecule has 2 heterocycles. The average molecular weight is 399 g/mol. The second kappa shape index (κ2) is 8.27. The van der Waals surface area contributed by atoms with Crippen molar-refractivity contribution in [2.24, 2.45) is 0 Å². The number of nitrogens with zero attached hydrogens (tertiary/aromatic N) is 1. The van der Waals surface area contributed by atoms with Crippen LogP contribution in [0.1, 0.15) is 62.5 Å². The standard InChI is InChI=1S/C22H29N3O4/c1-15-16(9-10-17(24-15)18-8-7-13-28-18)19(26)25-22(11-5-6-12-22)14-23-20(27)29-21(2,3)4/h7-10,13H,5-6,11-12,14H2,1-4H3,(H,23,27)(H,25,26). The van der Waals surface area contributed by atoms with Crippen molar-refractivity contribution < 1.29 is 18.7 Å². The molecule has 1 fully saturated rings. The predicted octanol–water partition coefficient (Wildman–Crippen LogP) is 4.22.